The lowest BCUT2D eigenvalue weighted by atomic mass is 9.99. The van der Waals surface area contributed by atoms with Crippen molar-refractivity contribution < 1.29 is 13.2 Å². The monoisotopic (exact) mass is 285 g/mol. The molecule has 1 atom stereocenters. The first-order chi connectivity index (χ1) is 8.97. The zero-order valence-electron chi connectivity index (χ0n) is 9.84. The van der Waals surface area contributed by atoms with Crippen molar-refractivity contribution in [2.75, 3.05) is 0 Å². The summed E-state index contributed by atoms with van der Waals surface area (Å²) in [6, 6.07) is 8.17. The van der Waals surface area contributed by atoms with Crippen LogP contribution < -0.4 is 5.73 Å². The molecule has 0 spiro atoms. The molecule has 0 saturated carbocycles. The van der Waals surface area contributed by atoms with Gasteiger partial charge in [-0.1, -0.05) is 23.7 Å². The first-order valence-electron chi connectivity index (χ1n) is 5.62. The largest absolute Gasteiger partial charge is 0.324 e. The van der Waals surface area contributed by atoms with E-state index in [4.69, 9.17) is 17.3 Å². The van der Waals surface area contributed by atoms with Crippen LogP contribution in [0.15, 0.2) is 36.4 Å². The van der Waals surface area contributed by atoms with Gasteiger partial charge in [0.1, 0.15) is 0 Å². The number of halogens is 4. The van der Waals surface area contributed by atoms with Gasteiger partial charge in [-0.2, -0.15) is 0 Å². The van der Waals surface area contributed by atoms with Gasteiger partial charge in [-0.25, -0.2) is 13.2 Å². The minimum absolute atomic E-state index is 0.214. The molecule has 100 valence electrons. The minimum atomic E-state index is -1.48. The molecule has 0 bridgehead atoms. The molecule has 2 aromatic rings. The fourth-order valence-corrected chi connectivity index (χ4v) is 1.91. The van der Waals surface area contributed by atoms with Gasteiger partial charge in [-0.15, -0.1) is 0 Å². The second kappa shape index (κ2) is 5.63. The van der Waals surface area contributed by atoms with E-state index in [-0.39, 0.29) is 5.56 Å². The second-order valence-corrected chi connectivity index (χ2v) is 4.67. The first kappa shape index (κ1) is 13.9. The highest BCUT2D eigenvalue weighted by Crippen LogP contribution is 2.21. The standard InChI is InChI=1S/C14H11ClF3N/c15-10-3-1-8(2-4-10)5-13(19)9-6-11(16)14(18)12(17)7-9/h1-4,6-7,13H,5,19H2. The predicted molar refractivity (Wildman–Crippen MR) is 68.4 cm³/mol. The van der Waals surface area contributed by atoms with Crippen molar-refractivity contribution in [1.29, 1.82) is 0 Å². The average molecular weight is 286 g/mol. The molecule has 2 rings (SSSR count). The second-order valence-electron chi connectivity index (χ2n) is 4.24. The molecule has 0 fully saturated rings. The highest BCUT2D eigenvalue weighted by molar-refractivity contribution is 6.30. The van der Waals surface area contributed by atoms with Crippen LogP contribution in [-0.2, 0) is 6.42 Å². The van der Waals surface area contributed by atoms with Crippen molar-refractivity contribution in [3.63, 3.8) is 0 Å². The number of nitrogens with two attached hydrogens (primary N) is 1. The summed E-state index contributed by atoms with van der Waals surface area (Å²) in [5, 5.41) is 0.594. The third kappa shape index (κ3) is 3.28. The molecule has 0 saturated heterocycles. The van der Waals surface area contributed by atoms with Crippen LogP contribution in [0.3, 0.4) is 0 Å². The van der Waals surface area contributed by atoms with Crippen LogP contribution in [-0.4, -0.2) is 0 Å². The molecule has 19 heavy (non-hydrogen) atoms. The fraction of sp³-hybridized carbons (Fsp3) is 0.143. The smallest absolute Gasteiger partial charge is 0.194 e. The Balaban J connectivity index is 2.20. The van der Waals surface area contributed by atoms with E-state index >= 15 is 0 Å². The Morgan fingerprint density at radius 1 is 1.00 bits per heavy atom. The maximum absolute atomic E-state index is 13.1. The van der Waals surface area contributed by atoms with Crippen molar-refractivity contribution in [2.24, 2.45) is 5.73 Å². The molecule has 2 N–H and O–H groups in total. The molecule has 1 nitrogen and oxygen atoms in total. The normalized spacial score (nSPS) is 12.5. The summed E-state index contributed by atoms with van der Waals surface area (Å²) in [6.45, 7) is 0. The number of hydrogen-bond donors (Lipinski definition) is 1. The van der Waals surface area contributed by atoms with Crippen molar-refractivity contribution >= 4 is 11.6 Å². The maximum Gasteiger partial charge on any atom is 0.194 e. The van der Waals surface area contributed by atoms with Crippen molar-refractivity contribution in [3.05, 3.63) is 70.0 Å². The third-order valence-corrected chi connectivity index (χ3v) is 3.06. The first-order valence-corrected chi connectivity index (χ1v) is 5.99. The average Bonchev–Trinajstić information content (AvgIpc) is 2.38. The van der Waals surface area contributed by atoms with Crippen molar-refractivity contribution in [3.8, 4) is 0 Å². The zero-order chi connectivity index (χ0) is 14.0. The Morgan fingerprint density at radius 2 is 1.53 bits per heavy atom. The molecule has 2 aromatic carbocycles. The molecule has 1 unspecified atom stereocenters. The van der Waals surface area contributed by atoms with Gasteiger partial charge < -0.3 is 5.73 Å². The number of hydrogen-bond acceptors (Lipinski definition) is 1. The fourth-order valence-electron chi connectivity index (χ4n) is 1.78. The Bertz CT molecular complexity index is 561. The van der Waals surface area contributed by atoms with Gasteiger partial charge in [0, 0.05) is 11.1 Å². The summed E-state index contributed by atoms with van der Waals surface area (Å²) in [5.41, 5.74) is 6.96. The predicted octanol–water partition coefficient (Wildman–Crippen LogP) is 4.00. The van der Waals surface area contributed by atoms with Crippen LogP contribution in [0, 0.1) is 17.5 Å². The summed E-state index contributed by atoms with van der Waals surface area (Å²) in [7, 11) is 0. The Kier molecular flexibility index (Phi) is 4.12. The van der Waals surface area contributed by atoms with Crippen LogP contribution >= 0.6 is 11.6 Å². The number of benzene rings is 2. The molecule has 0 radical (unpaired) electrons. The van der Waals surface area contributed by atoms with Crippen LogP contribution in [0.1, 0.15) is 17.2 Å². The van der Waals surface area contributed by atoms with Crippen LogP contribution in [0.5, 0.6) is 0 Å². The summed E-state index contributed by atoms with van der Waals surface area (Å²) < 4.78 is 39.0. The van der Waals surface area contributed by atoms with E-state index in [9.17, 15) is 13.2 Å². The van der Waals surface area contributed by atoms with E-state index in [1.165, 1.54) is 0 Å². The molecule has 5 heteroatoms. The summed E-state index contributed by atoms with van der Waals surface area (Å²) in [4.78, 5) is 0. The molecule has 0 amide bonds. The third-order valence-electron chi connectivity index (χ3n) is 2.80. The Morgan fingerprint density at radius 3 is 2.05 bits per heavy atom. The van der Waals surface area contributed by atoms with Gasteiger partial charge >= 0.3 is 0 Å². The minimum Gasteiger partial charge on any atom is -0.324 e. The highest BCUT2D eigenvalue weighted by Gasteiger charge is 2.15. The molecular formula is C14H11ClF3N. The van der Waals surface area contributed by atoms with E-state index in [0.29, 0.717) is 11.4 Å². The van der Waals surface area contributed by atoms with Gasteiger partial charge in [-0.3, -0.25) is 0 Å². The van der Waals surface area contributed by atoms with Crippen molar-refractivity contribution in [2.45, 2.75) is 12.5 Å². The highest BCUT2D eigenvalue weighted by atomic mass is 35.5. The lowest BCUT2D eigenvalue weighted by Crippen LogP contribution is -2.14. The van der Waals surface area contributed by atoms with E-state index in [1.807, 2.05) is 0 Å². The van der Waals surface area contributed by atoms with Crippen molar-refractivity contribution in [1.82, 2.24) is 0 Å². The Hall–Kier alpha value is -1.52. The summed E-state index contributed by atoms with van der Waals surface area (Å²) in [6.07, 6.45) is 0.377. The van der Waals surface area contributed by atoms with Gasteiger partial charge in [0.2, 0.25) is 0 Å². The van der Waals surface area contributed by atoms with Crippen LogP contribution in [0.2, 0.25) is 5.02 Å². The van der Waals surface area contributed by atoms with Gasteiger partial charge in [-0.05, 0) is 41.8 Å². The molecule has 0 heterocycles. The van der Waals surface area contributed by atoms with Gasteiger partial charge in [0.15, 0.2) is 17.5 Å². The SMILES string of the molecule is NC(Cc1ccc(Cl)cc1)c1cc(F)c(F)c(F)c1. The topological polar surface area (TPSA) is 26.0 Å². The lowest BCUT2D eigenvalue weighted by molar-refractivity contribution is 0.443. The van der Waals surface area contributed by atoms with Gasteiger partial charge in [0.05, 0.1) is 0 Å². The zero-order valence-corrected chi connectivity index (χ0v) is 10.6. The summed E-state index contributed by atoms with van der Waals surface area (Å²) in [5.74, 6) is -3.95. The van der Waals surface area contributed by atoms with Gasteiger partial charge in [0.25, 0.3) is 0 Å². The number of rotatable bonds is 3. The molecular weight excluding hydrogens is 275 g/mol. The molecule has 0 aliphatic rings. The quantitative estimate of drug-likeness (QED) is 0.848. The lowest BCUT2D eigenvalue weighted by Gasteiger charge is -2.13. The van der Waals surface area contributed by atoms with E-state index < -0.39 is 23.5 Å². The summed E-state index contributed by atoms with van der Waals surface area (Å²) >= 11 is 5.75. The molecule has 0 aliphatic heterocycles. The van der Waals surface area contributed by atoms with E-state index in [1.54, 1.807) is 24.3 Å². The maximum atomic E-state index is 13.1. The van der Waals surface area contributed by atoms with E-state index in [0.717, 1.165) is 17.7 Å². The van der Waals surface area contributed by atoms with Crippen LogP contribution in [0.4, 0.5) is 13.2 Å². The van der Waals surface area contributed by atoms with E-state index in [2.05, 4.69) is 0 Å². The van der Waals surface area contributed by atoms with Crippen LogP contribution in [0.25, 0.3) is 0 Å². The Labute approximate surface area is 113 Å². The molecule has 0 aliphatic carbocycles. The molecule has 0 aromatic heterocycles.